The molecule has 2 saturated carbocycles. The van der Waals surface area contributed by atoms with Crippen LogP contribution in [0.5, 0.6) is 0 Å². The van der Waals surface area contributed by atoms with E-state index >= 15 is 0 Å². The quantitative estimate of drug-likeness (QED) is 0.908. The number of nitrogens with one attached hydrogen (secondary N) is 1. The fourth-order valence-corrected chi connectivity index (χ4v) is 3.88. The number of thiophene rings is 1. The first-order chi connectivity index (χ1) is 9.74. The fraction of sp³-hybridized carbons (Fsp3) is 0.467. The second-order valence-corrected chi connectivity index (χ2v) is 6.94. The van der Waals surface area contributed by atoms with E-state index < -0.39 is 0 Å². The maximum Gasteiger partial charge on any atom is 0.263 e. The van der Waals surface area contributed by atoms with Crippen LogP contribution in [0.2, 0.25) is 0 Å². The number of aromatic nitrogens is 1. The summed E-state index contributed by atoms with van der Waals surface area (Å²) in [6.45, 7) is 0. The molecule has 2 heterocycles. The van der Waals surface area contributed by atoms with Crippen molar-refractivity contribution in [2.75, 3.05) is 5.73 Å². The van der Waals surface area contributed by atoms with Gasteiger partial charge >= 0.3 is 0 Å². The summed E-state index contributed by atoms with van der Waals surface area (Å²) in [6.07, 6.45) is 8.51. The molecule has 0 spiro atoms. The van der Waals surface area contributed by atoms with E-state index in [-0.39, 0.29) is 5.91 Å². The van der Waals surface area contributed by atoms with Gasteiger partial charge in [0.05, 0.1) is 10.4 Å². The van der Waals surface area contributed by atoms with E-state index in [9.17, 15) is 4.79 Å². The first kappa shape index (κ1) is 12.1. The number of nitrogens with two attached hydrogens (primary N) is 1. The summed E-state index contributed by atoms with van der Waals surface area (Å²) in [7, 11) is 0. The zero-order valence-corrected chi connectivity index (χ0v) is 12.0. The number of anilines is 1. The van der Waals surface area contributed by atoms with Crippen molar-refractivity contribution in [3.8, 4) is 0 Å². The van der Waals surface area contributed by atoms with E-state index in [2.05, 4.69) is 10.3 Å². The van der Waals surface area contributed by atoms with E-state index in [1.54, 1.807) is 12.4 Å². The zero-order valence-electron chi connectivity index (χ0n) is 11.1. The molecule has 3 N–H and O–H groups in total. The second kappa shape index (κ2) is 4.45. The Kier molecular flexibility index (Phi) is 2.70. The Hall–Kier alpha value is -1.62. The Morgan fingerprint density at radius 1 is 1.35 bits per heavy atom. The van der Waals surface area contributed by atoms with Crippen LogP contribution in [0.15, 0.2) is 18.5 Å². The summed E-state index contributed by atoms with van der Waals surface area (Å²) in [5.74, 6) is 1.39. The van der Waals surface area contributed by atoms with Crippen LogP contribution in [0.1, 0.15) is 35.4 Å². The van der Waals surface area contributed by atoms with Crippen LogP contribution in [-0.4, -0.2) is 16.9 Å². The number of nitrogens with zero attached hydrogens (tertiary/aromatic N) is 1. The fourth-order valence-electron chi connectivity index (χ4n) is 2.89. The number of carbonyl (C=O) groups excluding carboxylic acids is 1. The predicted molar refractivity (Wildman–Crippen MR) is 80.7 cm³/mol. The maximum absolute atomic E-state index is 12.5. The molecule has 0 atom stereocenters. The van der Waals surface area contributed by atoms with Gasteiger partial charge < -0.3 is 11.1 Å². The minimum absolute atomic E-state index is 0.00694. The highest BCUT2D eigenvalue weighted by atomic mass is 32.1. The van der Waals surface area contributed by atoms with Gasteiger partial charge in [-0.05, 0) is 43.6 Å². The number of fused-ring (bicyclic) bond motifs is 1. The average Bonchev–Trinajstić information content (AvgIpc) is 3.35. The molecule has 1 amide bonds. The van der Waals surface area contributed by atoms with Crippen LogP contribution < -0.4 is 11.1 Å². The van der Waals surface area contributed by atoms with Crippen LogP contribution in [-0.2, 0) is 0 Å². The number of nitrogen functional groups attached to an aromatic ring is 1. The van der Waals surface area contributed by atoms with Crippen LogP contribution >= 0.6 is 11.3 Å². The smallest absolute Gasteiger partial charge is 0.263 e. The van der Waals surface area contributed by atoms with Crippen LogP contribution in [0.25, 0.3) is 10.1 Å². The summed E-state index contributed by atoms with van der Waals surface area (Å²) in [5, 5.41) is 4.16. The number of hydrogen-bond donors (Lipinski definition) is 2. The molecule has 0 aromatic carbocycles. The summed E-state index contributed by atoms with van der Waals surface area (Å²) in [5.41, 5.74) is 6.71. The lowest BCUT2D eigenvalue weighted by atomic mass is 10.1. The number of carbonyl (C=O) groups is 1. The van der Waals surface area contributed by atoms with Gasteiger partial charge in [0.2, 0.25) is 0 Å². The number of rotatable bonds is 4. The third-order valence-electron chi connectivity index (χ3n) is 4.30. The lowest BCUT2D eigenvalue weighted by Gasteiger charge is -2.17. The Labute approximate surface area is 121 Å². The number of amides is 1. The third-order valence-corrected chi connectivity index (χ3v) is 5.45. The van der Waals surface area contributed by atoms with Gasteiger partial charge in [0.25, 0.3) is 5.91 Å². The second-order valence-electron chi connectivity index (χ2n) is 5.89. The molecule has 104 valence electrons. The van der Waals surface area contributed by atoms with Crippen molar-refractivity contribution < 1.29 is 4.79 Å². The van der Waals surface area contributed by atoms with Gasteiger partial charge in [-0.3, -0.25) is 9.78 Å². The molecule has 2 fully saturated rings. The van der Waals surface area contributed by atoms with Crippen molar-refractivity contribution >= 4 is 33.0 Å². The predicted octanol–water partition coefficient (Wildman–Crippen LogP) is 2.80. The van der Waals surface area contributed by atoms with Gasteiger partial charge in [-0.15, -0.1) is 11.3 Å². The van der Waals surface area contributed by atoms with E-state index in [1.807, 2.05) is 6.07 Å². The molecule has 2 aliphatic carbocycles. The normalized spacial score (nSPS) is 18.6. The highest BCUT2D eigenvalue weighted by Gasteiger charge is 2.42. The third kappa shape index (κ3) is 2.06. The first-order valence-electron chi connectivity index (χ1n) is 7.17. The molecule has 2 aromatic rings. The van der Waals surface area contributed by atoms with Crippen LogP contribution in [0.4, 0.5) is 5.69 Å². The number of pyridine rings is 1. The standard InChI is InChI=1S/C15H17N3OS/c16-12-10-5-6-17-7-11(10)20-14(12)15(19)18-13(8-1-2-8)9-3-4-9/h5-9,13H,1-4,16H2,(H,18,19). The van der Waals surface area contributed by atoms with Gasteiger partial charge in [-0.25, -0.2) is 0 Å². The molecular weight excluding hydrogens is 270 g/mol. The molecule has 0 saturated heterocycles. The lowest BCUT2D eigenvalue weighted by Crippen LogP contribution is -2.37. The van der Waals surface area contributed by atoms with Crippen LogP contribution in [0, 0.1) is 11.8 Å². The largest absolute Gasteiger partial charge is 0.397 e. The van der Waals surface area contributed by atoms with E-state index in [0.717, 1.165) is 10.1 Å². The highest BCUT2D eigenvalue weighted by Crippen LogP contribution is 2.45. The molecular formula is C15H17N3OS. The van der Waals surface area contributed by atoms with Gasteiger partial charge in [-0.1, -0.05) is 0 Å². The number of hydrogen-bond acceptors (Lipinski definition) is 4. The van der Waals surface area contributed by atoms with Crippen molar-refractivity contribution in [2.24, 2.45) is 11.8 Å². The zero-order chi connectivity index (χ0) is 13.7. The molecule has 2 aromatic heterocycles. The summed E-state index contributed by atoms with van der Waals surface area (Å²) < 4.78 is 0.976. The first-order valence-corrected chi connectivity index (χ1v) is 7.98. The monoisotopic (exact) mass is 287 g/mol. The SMILES string of the molecule is Nc1c(C(=O)NC(C2CC2)C2CC2)sc2cnccc12. The summed E-state index contributed by atoms with van der Waals surface area (Å²) in [6, 6.07) is 2.24. The minimum Gasteiger partial charge on any atom is -0.397 e. The molecule has 4 nitrogen and oxygen atoms in total. The van der Waals surface area contributed by atoms with Gasteiger partial charge in [0.1, 0.15) is 4.88 Å². The molecule has 0 unspecified atom stereocenters. The topological polar surface area (TPSA) is 68.0 Å². The molecule has 5 heteroatoms. The summed E-state index contributed by atoms with van der Waals surface area (Å²) >= 11 is 1.44. The lowest BCUT2D eigenvalue weighted by molar-refractivity contribution is 0.0931. The summed E-state index contributed by atoms with van der Waals surface area (Å²) in [4.78, 5) is 17.2. The Morgan fingerprint density at radius 3 is 2.65 bits per heavy atom. The highest BCUT2D eigenvalue weighted by molar-refractivity contribution is 7.21. The minimum atomic E-state index is -0.00694. The van der Waals surface area contributed by atoms with Gasteiger partial charge in [0, 0.05) is 23.8 Å². The Balaban J connectivity index is 1.61. The van der Waals surface area contributed by atoms with Crippen molar-refractivity contribution in [3.05, 3.63) is 23.3 Å². The van der Waals surface area contributed by atoms with Crippen molar-refractivity contribution in [1.29, 1.82) is 0 Å². The van der Waals surface area contributed by atoms with E-state index in [4.69, 9.17) is 5.73 Å². The van der Waals surface area contributed by atoms with Crippen molar-refractivity contribution in [3.63, 3.8) is 0 Å². The Morgan fingerprint density at radius 2 is 2.05 bits per heavy atom. The molecule has 2 aliphatic rings. The maximum atomic E-state index is 12.5. The molecule has 4 rings (SSSR count). The Bertz CT molecular complexity index is 661. The molecule has 20 heavy (non-hydrogen) atoms. The van der Waals surface area contributed by atoms with E-state index in [0.29, 0.717) is 28.4 Å². The van der Waals surface area contributed by atoms with Gasteiger partial charge in [0.15, 0.2) is 0 Å². The van der Waals surface area contributed by atoms with Crippen molar-refractivity contribution in [1.82, 2.24) is 10.3 Å². The van der Waals surface area contributed by atoms with E-state index in [1.165, 1.54) is 37.0 Å². The van der Waals surface area contributed by atoms with Crippen LogP contribution in [0.3, 0.4) is 0 Å². The molecule has 0 bridgehead atoms. The van der Waals surface area contributed by atoms with Gasteiger partial charge in [-0.2, -0.15) is 0 Å². The molecule has 0 aliphatic heterocycles. The van der Waals surface area contributed by atoms with Crippen molar-refractivity contribution in [2.45, 2.75) is 31.7 Å². The average molecular weight is 287 g/mol. The molecule has 0 radical (unpaired) electrons.